The van der Waals surface area contributed by atoms with Crippen molar-refractivity contribution in [1.82, 2.24) is 4.98 Å². The van der Waals surface area contributed by atoms with Crippen LogP contribution in [0.25, 0.3) is 0 Å². The minimum Gasteiger partial charge on any atom is -0.503 e. The maximum absolute atomic E-state index is 13.7. The van der Waals surface area contributed by atoms with Gasteiger partial charge in [0.1, 0.15) is 0 Å². The molecule has 0 radical (unpaired) electrons. The number of hydrogen-bond acceptors (Lipinski definition) is 7. The van der Waals surface area contributed by atoms with Crippen molar-refractivity contribution in [2.24, 2.45) is 0 Å². The van der Waals surface area contributed by atoms with Gasteiger partial charge in [0.2, 0.25) is 5.78 Å². The SMILES string of the molecule is CCCOC(=O)c1cccc(N2C(=O)C(O)=C(C(=O)c3sc(C)nc3C)C2c2cccc(C)c2)c1. The summed E-state index contributed by atoms with van der Waals surface area (Å²) in [4.78, 5) is 45.6. The number of carbonyl (C=O) groups excluding carboxylic acids is 3. The number of aliphatic hydroxyl groups is 1. The van der Waals surface area contributed by atoms with Crippen LogP contribution in [0, 0.1) is 20.8 Å². The highest BCUT2D eigenvalue weighted by atomic mass is 32.1. The summed E-state index contributed by atoms with van der Waals surface area (Å²) in [6.07, 6.45) is 0.686. The van der Waals surface area contributed by atoms with E-state index in [9.17, 15) is 19.5 Å². The van der Waals surface area contributed by atoms with E-state index < -0.39 is 29.5 Å². The summed E-state index contributed by atoms with van der Waals surface area (Å²) in [6.45, 7) is 7.63. The molecule has 1 unspecified atom stereocenters. The van der Waals surface area contributed by atoms with E-state index in [-0.39, 0.29) is 17.7 Å². The Morgan fingerprint density at radius 2 is 1.86 bits per heavy atom. The fraction of sp³-hybridized carbons (Fsp3) is 0.259. The molecule has 0 saturated heterocycles. The Morgan fingerprint density at radius 3 is 2.51 bits per heavy atom. The molecule has 1 aliphatic heterocycles. The molecule has 35 heavy (non-hydrogen) atoms. The van der Waals surface area contributed by atoms with E-state index in [0.29, 0.717) is 28.2 Å². The summed E-state index contributed by atoms with van der Waals surface area (Å²) >= 11 is 1.23. The molecule has 0 fully saturated rings. The van der Waals surface area contributed by atoms with Crippen LogP contribution in [0.1, 0.15) is 61.2 Å². The van der Waals surface area contributed by atoms with Crippen molar-refractivity contribution in [3.63, 3.8) is 0 Å². The zero-order valence-electron chi connectivity index (χ0n) is 20.0. The number of ether oxygens (including phenoxy) is 1. The largest absolute Gasteiger partial charge is 0.503 e. The molecule has 0 bridgehead atoms. The molecule has 2 heterocycles. The number of thiazole rings is 1. The Kier molecular flexibility index (Phi) is 6.84. The quantitative estimate of drug-likeness (QED) is 0.351. The Bertz CT molecular complexity index is 1360. The normalized spacial score (nSPS) is 15.6. The van der Waals surface area contributed by atoms with Gasteiger partial charge in [-0.15, -0.1) is 11.3 Å². The second-order valence-electron chi connectivity index (χ2n) is 8.42. The number of esters is 1. The highest BCUT2D eigenvalue weighted by Gasteiger charge is 2.45. The van der Waals surface area contributed by atoms with E-state index in [1.807, 2.05) is 38.1 Å². The first kappa shape index (κ1) is 24.3. The molecule has 1 aromatic heterocycles. The molecule has 2 aromatic carbocycles. The highest BCUT2D eigenvalue weighted by molar-refractivity contribution is 7.14. The van der Waals surface area contributed by atoms with Gasteiger partial charge in [0.05, 0.1) is 39.4 Å². The zero-order chi connectivity index (χ0) is 25.3. The molecule has 1 N–H and O–H groups in total. The van der Waals surface area contributed by atoms with Crippen molar-refractivity contribution < 1.29 is 24.2 Å². The molecule has 8 heteroatoms. The van der Waals surface area contributed by atoms with Crippen LogP contribution in [-0.2, 0) is 9.53 Å². The summed E-state index contributed by atoms with van der Waals surface area (Å²) in [5, 5.41) is 11.7. The molecule has 1 amide bonds. The van der Waals surface area contributed by atoms with Crippen LogP contribution in [0.5, 0.6) is 0 Å². The number of aliphatic hydroxyl groups excluding tert-OH is 1. The standard InChI is InChI=1S/C27H26N2O5S/c1-5-12-34-27(33)19-10-7-11-20(14-19)29-22(18-9-6-8-15(2)13-18)21(24(31)26(29)32)23(30)25-16(3)28-17(4)35-25/h6-11,13-14,22,31H,5,12H2,1-4H3. The summed E-state index contributed by atoms with van der Waals surface area (Å²) in [5.74, 6) is -2.26. The van der Waals surface area contributed by atoms with Crippen molar-refractivity contribution in [3.8, 4) is 0 Å². The highest BCUT2D eigenvalue weighted by Crippen LogP contribution is 2.43. The predicted octanol–water partition coefficient (Wildman–Crippen LogP) is 5.42. The number of ketones is 1. The van der Waals surface area contributed by atoms with Gasteiger partial charge in [0.25, 0.3) is 5.91 Å². The molecule has 4 rings (SSSR count). The maximum atomic E-state index is 13.7. The average molecular weight is 491 g/mol. The molecule has 0 spiro atoms. The minimum absolute atomic E-state index is 0.00804. The summed E-state index contributed by atoms with van der Waals surface area (Å²) in [6, 6.07) is 13.0. The predicted molar refractivity (Wildman–Crippen MR) is 134 cm³/mol. The molecule has 1 atom stereocenters. The van der Waals surface area contributed by atoms with Crippen LogP contribution < -0.4 is 4.90 Å². The van der Waals surface area contributed by atoms with E-state index in [0.717, 1.165) is 10.6 Å². The third-order valence-corrected chi connectivity index (χ3v) is 6.79. The van der Waals surface area contributed by atoms with E-state index in [2.05, 4.69) is 4.98 Å². The summed E-state index contributed by atoms with van der Waals surface area (Å²) in [5.41, 5.74) is 2.80. The van der Waals surface area contributed by atoms with E-state index in [1.165, 1.54) is 16.2 Å². The van der Waals surface area contributed by atoms with Crippen molar-refractivity contribution in [2.45, 2.75) is 40.2 Å². The number of amides is 1. The number of carbonyl (C=O) groups is 3. The number of rotatable bonds is 7. The first-order valence-corrected chi connectivity index (χ1v) is 12.1. The van der Waals surface area contributed by atoms with Crippen LogP contribution in [0.15, 0.2) is 59.9 Å². The fourth-order valence-corrected chi connectivity index (χ4v) is 5.06. The molecule has 1 aliphatic rings. The van der Waals surface area contributed by atoms with Crippen LogP contribution in [0.4, 0.5) is 5.69 Å². The van der Waals surface area contributed by atoms with Crippen LogP contribution >= 0.6 is 11.3 Å². The Morgan fingerprint density at radius 1 is 1.11 bits per heavy atom. The number of benzene rings is 2. The summed E-state index contributed by atoms with van der Waals surface area (Å²) < 4.78 is 5.24. The number of hydrogen-bond donors (Lipinski definition) is 1. The van der Waals surface area contributed by atoms with Crippen LogP contribution in [0.3, 0.4) is 0 Å². The lowest BCUT2D eigenvalue weighted by Crippen LogP contribution is -2.31. The third kappa shape index (κ3) is 4.61. The zero-order valence-corrected chi connectivity index (χ0v) is 20.8. The second-order valence-corrected chi connectivity index (χ2v) is 9.62. The Hall–Kier alpha value is -3.78. The van der Waals surface area contributed by atoms with E-state index >= 15 is 0 Å². The van der Waals surface area contributed by atoms with E-state index in [4.69, 9.17) is 4.74 Å². The van der Waals surface area contributed by atoms with Gasteiger partial charge in [-0.3, -0.25) is 14.5 Å². The smallest absolute Gasteiger partial charge is 0.338 e. The lowest BCUT2D eigenvalue weighted by atomic mass is 9.94. The number of aryl methyl sites for hydroxylation is 3. The Labute approximate surface area is 207 Å². The second kappa shape index (κ2) is 9.84. The van der Waals surface area contributed by atoms with Crippen LogP contribution in [-0.4, -0.2) is 34.4 Å². The lowest BCUT2D eigenvalue weighted by Gasteiger charge is -2.27. The molecule has 0 aliphatic carbocycles. The van der Waals surface area contributed by atoms with Gasteiger partial charge < -0.3 is 9.84 Å². The fourth-order valence-electron chi connectivity index (χ4n) is 4.18. The van der Waals surface area contributed by atoms with Gasteiger partial charge in [-0.1, -0.05) is 42.8 Å². The Balaban J connectivity index is 1.84. The molecule has 7 nitrogen and oxygen atoms in total. The number of Topliss-reactive ketones (excluding diaryl/α,β-unsaturated/α-hetero) is 1. The molecule has 180 valence electrons. The molecule has 3 aromatic rings. The first-order chi connectivity index (χ1) is 16.7. The minimum atomic E-state index is -0.876. The van der Waals surface area contributed by atoms with Gasteiger partial charge in [0.15, 0.2) is 5.76 Å². The van der Waals surface area contributed by atoms with Crippen molar-refractivity contribution in [3.05, 3.63) is 92.1 Å². The first-order valence-electron chi connectivity index (χ1n) is 11.3. The molecule has 0 saturated carbocycles. The van der Waals surface area contributed by atoms with Crippen molar-refractivity contribution in [1.29, 1.82) is 0 Å². The number of aromatic nitrogens is 1. The van der Waals surface area contributed by atoms with Gasteiger partial charge in [-0.05, 0) is 51.0 Å². The van der Waals surface area contributed by atoms with Crippen LogP contribution in [0.2, 0.25) is 0 Å². The molecular weight excluding hydrogens is 464 g/mol. The maximum Gasteiger partial charge on any atom is 0.338 e. The number of anilines is 1. The van der Waals surface area contributed by atoms with Gasteiger partial charge in [-0.25, -0.2) is 9.78 Å². The third-order valence-electron chi connectivity index (χ3n) is 5.72. The van der Waals surface area contributed by atoms with Gasteiger partial charge >= 0.3 is 5.97 Å². The van der Waals surface area contributed by atoms with E-state index in [1.54, 1.807) is 38.1 Å². The summed E-state index contributed by atoms with van der Waals surface area (Å²) in [7, 11) is 0. The van der Waals surface area contributed by atoms with Crippen molar-refractivity contribution >= 4 is 34.7 Å². The molecular formula is C27H26N2O5S. The van der Waals surface area contributed by atoms with Crippen molar-refractivity contribution in [2.75, 3.05) is 11.5 Å². The average Bonchev–Trinajstić information content (AvgIpc) is 3.32. The van der Waals surface area contributed by atoms with Gasteiger partial charge in [-0.2, -0.15) is 0 Å². The monoisotopic (exact) mass is 490 g/mol. The topological polar surface area (TPSA) is 96.8 Å². The van der Waals surface area contributed by atoms with Gasteiger partial charge in [0, 0.05) is 5.69 Å². The lowest BCUT2D eigenvalue weighted by molar-refractivity contribution is -0.117. The number of nitrogens with zero attached hydrogens (tertiary/aromatic N) is 2.